The van der Waals surface area contributed by atoms with Gasteiger partial charge in [0.25, 0.3) is 0 Å². The number of methoxy groups -OCH3 is 1. The number of aryl methyl sites for hydroxylation is 2. The Morgan fingerprint density at radius 1 is 0.971 bits per heavy atom. The van der Waals surface area contributed by atoms with Gasteiger partial charge in [0.1, 0.15) is 34.3 Å². The van der Waals surface area contributed by atoms with E-state index in [1.54, 1.807) is 19.2 Å². The predicted molar refractivity (Wildman–Crippen MR) is 132 cm³/mol. The summed E-state index contributed by atoms with van der Waals surface area (Å²) >= 11 is 0. The number of quaternary nitrogens is 1. The number of ether oxygens (including phenoxy) is 2. The van der Waals surface area contributed by atoms with Crippen molar-refractivity contribution in [3.8, 4) is 11.5 Å². The highest BCUT2D eigenvalue weighted by Crippen LogP contribution is 2.19. The van der Waals surface area contributed by atoms with Gasteiger partial charge in [0.2, 0.25) is 0 Å². The standard InChI is InChI=1S/C19H24N2O2.C7H8O3S/c1-14-6-4-7-16(10-14)11-19(20)21-13-15(2)23-18-9-5-8-17(12-18)22-3;1-6-2-4-7(5-3-6)11(8,9)10/h4-10,12,15H,11,13H2,1-3H3,(H2,20,21);2-5H,1H3,(H,8,9,10). The van der Waals surface area contributed by atoms with Crippen molar-refractivity contribution in [2.24, 2.45) is 0 Å². The second-order valence-electron chi connectivity index (χ2n) is 8.01. The largest absolute Gasteiger partial charge is 0.744 e. The van der Waals surface area contributed by atoms with Gasteiger partial charge in [-0.1, -0.05) is 53.6 Å². The maximum absolute atomic E-state index is 10.4. The molecule has 34 heavy (non-hydrogen) atoms. The molecule has 0 amide bonds. The van der Waals surface area contributed by atoms with E-state index < -0.39 is 10.1 Å². The molecule has 1 unspecified atom stereocenters. The smallest absolute Gasteiger partial charge is 0.196 e. The monoisotopic (exact) mass is 484 g/mol. The molecular formula is C26H32N2O5S. The van der Waals surface area contributed by atoms with Gasteiger partial charge in [0.05, 0.1) is 18.4 Å². The Balaban J connectivity index is 0.000000310. The first kappa shape index (κ1) is 27.0. The van der Waals surface area contributed by atoms with E-state index in [0.29, 0.717) is 18.8 Å². The van der Waals surface area contributed by atoms with Gasteiger partial charge in [-0.15, -0.1) is 0 Å². The zero-order valence-electron chi connectivity index (χ0n) is 19.9. The van der Waals surface area contributed by atoms with Gasteiger partial charge in [-0.3, -0.25) is 10.7 Å². The second kappa shape index (κ2) is 12.9. The highest BCUT2D eigenvalue weighted by Gasteiger charge is 2.10. The van der Waals surface area contributed by atoms with Gasteiger partial charge < -0.3 is 14.0 Å². The normalized spacial score (nSPS) is 11.7. The van der Waals surface area contributed by atoms with E-state index in [4.69, 9.17) is 14.9 Å². The van der Waals surface area contributed by atoms with E-state index in [-0.39, 0.29) is 11.0 Å². The lowest BCUT2D eigenvalue weighted by molar-refractivity contribution is -0.550. The van der Waals surface area contributed by atoms with Gasteiger partial charge in [0.15, 0.2) is 5.84 Å². The van der Waals surface area contributed by atoms with Crippen LogP contribution in [0.15, 0.2) is 77.7 Å². The molecule has 0 aromatic heterocycles. The Morgan fingerprint density at radius 3 is 2.24 bits per heavy atom. The molecule has 0 saturated heterocycles. The van der Waals surface area contributed by atoms with Crippen molar-refractivity contribution in [3.05, 3.63) is 89.5 Å². The lowest BCUT2D eigenvalue weighted by atomic mass is 10.1. The van der Waals surface area contributed by atoms with Crippen LogP contribution in [0.25, 0.3) is 0 Å². The zero-order chi connectivity index (χ0) is 25.1. The Kier molecular flexibility index (Phi) is 10.2. The van der Waals surface area contributed by atoms with E-state index in [1.807, 2.05) is 49.5 Å². The van der Waals surface area contributed by atoms with Crippen molar-refractivity contribution in [3.63, 3.8) is 0 Å². The summed E-state index contributed by atoms with van der Waals surface area (Å²) in [5.74, 6) is 2.19. The van der Waals surface area contributed by atoms with Crippen molar-refractivity contribution >= 4 is 16.0 Å². The first-order valence-electron chi connectivity index (χ1n) is 10.9. The van der Waals surface area contributed by atoms with Crippen LogP contribution in [0.1, 0.15) is 23.6 Å². The van der Waals surface area contributed by atoms with Crippen molar-refractivity contribution < 1.29 is 27.8 Å². The molecule has 7 nitrogen and oxygen atoms in total. The van der Waals surface area contributed by atoms with Crippen LogP contribution in [0, 0.1) is 19.3 Å². The average molecular weight is 485 g/mol. The van der Waals surface area contributed by atoms with Crippen molar-refractivity contribution in [2.75, 3.05) is 13.7 Å². The van der Waals surface area contributed by atoms with Crippen molar-refractivity contribution in [2.45, 2.75) is 38.2 Å². The molecule has 0 aliphatic carbocycles. The van der Waals surface area contributed by atoms with E-state index in [1.165, 1.54) is 23.3 Å². The topological polar surface area (TPSA) is 116 Å². The minimum atomic E-state index is -4.27. The molecule has 3 aromatic rings. The number of nitrogens with two attached hydrogens (primary N) is 1. The summed E-state index contributed by atoms with van der Waals surface area (Å²) in [4.78, 5) is -0.178. The molecule has 0 aliphatic heterocycles. The number of benzene rings is 3. The molecule has 0 aliphatic rings. The fourth-order valence-corrected chi connectivity index (χ4v) is 3.55. The van der Waals surface area contributed by atoms with Crippen LogP contribution in [-0.4, -0.2) is 38.6 Å². The highest BCUT2D eigenvalue weighted by atomic mass is 32.2. The molecule has 8 heteroatoms. The summed E-state index contributed by atoms with van der Waals surface area (Å²) in [5.41, 5.74) is 3.33. The maximum Gasteiger partial charge on any atom is 0.196 e. The van der Waals surface area contributed by atoms with Crippen LogP contribution in [0.2, 0.25) is 0 Å². The van der Waals surface area contributed by atoms with Crippen LogP contribution in [0.4, 0.5) is 0 Å². The van der Waals surface area contributed by atoms with E-state index in [0.717, 1.165) is 17.1 Å². The minimum Gasteiger partial charge on any atom is -0.744 e. The van der Waals surface area contributed by atoms with Gasteiger partial charge in [-0.2, -0.15) is 0 Å². The maximum atomic E-state index is 10.4. The Hall–Kier alpha value is -3.20. The van der Waals surface area contributed by atoms with E-state index in [9.17, 15) is 13.0 Å². The molecule has 3 rings (SSSR count). The molecule has 0 radical (unpaired) electrons. The molecule has 0 bridgehead atoms. The molecule has 3 aromatic carbocycles. The van der Waals surface area contributed by atoms with Crippen LogP contribution >= 0.6 is 0 Å². The number of hydrogen-bond acceptors (Lipinski definition) is 6. The SMILES string of the molecule is COc1cccc(OC(C)C[NH2+]C(=N)Cc2cccc(C)c2)c1.Cc1ccc(S(=O)(=O)[O-])cc1. The van der Waals surface area contributed by atoms with Crippen LogP contribution < -0.4 is 14.8 Å². The lowest BCUT2D eigenvalue weighted by Gasteiger charge is -2.14. The van der Waals surface area contributed by atoms with Crippen LogP contribution in [-0.2, 0) is 16.5 Å². The van der Waals surface area contributed by atoms with Crippen molar-refractivity contribution in [1.29, 1.82) is 5.41 Å². The lowest BCUT2D eigenvalue weighted by Crippen LogP contribution is -2.90. The number of nitrogens with one attached hydrogen (secondary N) is 1. The third-order valence-electron chi connectivity index (χ3n) is 4.86. The Morgan fingerprint density at radius 2 is 1.62 bits per heavy atom. The summed E-state index contributed by atoms with van der Waals surface area (Å²) in [5, 5.41) is 10.0. The molecule has 0 fully saturated rings. The van der Waals surface area contributed by atoms with E-state index >= 15 is 0 Å². The van der Waals surface area contributed by atoms with Gasteiger partial charge in [-0.25, -0.2) is 8.42 Å². The first-order valence-corrected chi connectivity index (χ1v) is 12.3. The highest BCUT2D eigenvalue weighted by molar-refractivity contribution is 7.85. The molecule has 0 saturated carbocycles. The first-order chi connectivity index (χ1) is 16.1. The molecule has 1 atom stereocenters. The summed E-state index contributed by atoms with van der Waals surface area (Å²) in [6.07, 6.45) is 0.674. The molecule has 0 spiro atoms. The van der Waals surface area contributed by atoms with Crippen LogP contribution in [0.5, 0.6) is 11.5 Å². The van der Waals surface area contributed by atoms with Gasteiger partial charge in [-0.05, 0) is 50.6 Å². The summed E-state index contributed by atoms with van der Waals surface area (Å²) < 4.78 is 42.2. The molecule has 182 valence electrons. The summed E-state index contributed by atoms with van der Waals surface area (Å²) in [6.45, 7) is 6.61. The Labute approximate surface area is 202 Å². The number of amidine groups is 1. The summed E-state index contributed by atoms with van der Waals surface area (Å²) in [7, 11) is -2.63. The summed E-state index contributed by atoms with van der Waals surface area (Å²) in [6, 6.07) is 21.7. The van der Waals surface area contributed by atoms with Crippen LogP contribution in [0.3, 0.4) is 0 Å². The quantitative estimate of drug-likeness (QED) is 0.289. The van der Waals surface area contributed by atoms with E-state index in [2.05, 4.69) is 25.1 Å². The molecule has 0 heterocycles. The van der Waals surface area contributed by atoms with Gasteiger partial charge >= 0.3 is 0 Å². The number of hydrogen-bond donors (Lipinski definition) is 2. The fraction of sp³-hybridized carbons (Fsp3) is 0.269. The van der Waals surface area contributed by atoms with Gasteiger partial charge in [0, 0.05) is 6.07 Å². The fourth-order valence-electron chi connectivity index (χ4n) is 3.08. The number of rotatable bonds is 8. The zero-order valence-corrected chi connectivity index (χ0v) is 20.8. The van der Waals surface area contributed by atoms with Crippen molar-refractivity contribution in [1.82, 2.24) is 0 Å². The third kappa shape index (κ3) is 9.74. The predicted octanol–water partition coefficient (Wildman–Crippen LogP) is 3.45. The average Bonchev–Trinajstić information content (AvgIpc) is 2.78. The molecule has 3 N–H and O–H groups in total. The third-order valence-corrected chi connectivity index (χ3v) is 5.71. The minimum absolute atomic E-state index is 0.0139. The second-order valence-corrected chi connectivity index (χ2v) is 9.39. The Bertz CT molecular complexity index is 1180. The molecular weight excluding hydrogens is 452 g/mol.